The summed E-state index contributed by atoms with van der Waals surface area (Å²) in [5.74, 6) is 0.919. The predicted octanol–water partition coefficient (Wildman–Crippen LogP) is 7.92. The first-order chi connectivity index (χ1) is 16.7. The van der Waals surface area contributed by atoms with Crippen molar-refractivity contribution in [2.45, 2.75) is 45.4 Å². The minimum atomic E-state index is 0.307. The van der Waals surface area contributed by atoms with Crippen molar-refractivity contribution in [1.82, 2.24) is 9.97 Å². The largest absolute Gasteiger partial charge is 0.494 e. The van der Waals surface area contributed by atoms with E-state index in [0.29, 0.717) is 22.8 Å². The molecule has 1 aromatic carbocycles. The summed E-state index contributed by atoms with van der Waals surface area (Å²) in [6, 6.07) is 8.14. The third-order valence-electron chi connectivity index (χ3n) is 4.87. The minimum absolute atomic E-state index is 0.307. The molecule has 178 valence electrons. The van der Waals surface area contributed by atoms with Crippen LogP contribution < -0.4 is 4.74 Å². The Bertz CT molecular complexity index is 1010. The molecule has 5 heteroatoms. The fourth-order valence-corrected chi connectivity index (χ4v) is 3.24. The van der Waals surface area contributed by atoms with Crippen molar-refractivity contribution in [3.63, 3.8) is 0 Å². The summed E-state index contributed by atoms with van der Waals surface area (Å²) in [4.78, 5) is 18.8. The van der Waals surface area contributed by atoms with E-state index in [1.165, 1.54) is 38.2 Å². The molecule has 0 unspecified atom stereocenters. The third kappa shape index (κ3) is 11.6. The van der Waals surface area contributed by atoms with E-state index in [-0.39, 0.29) is 0 Å². The van der Waals surface area contributed by atoms with Gasteiger partial charge in [0.15, 0.2) is 5.15 Å². The molecule has 0 atom stereocenters. The highest BCUT2D eigenvalue weighted by Crippen LogP contribution is 2.15. The molecule has 0 aliphatic carbocycles. The molecule has 0 saturated heterocycles. The van der Waals surface area contributed by atoms with Crippen LogP contribution >= 0.6 is 11.6 Å². The van der Waals surface area contributed by atoms with Gasteiger partial charge in [0.1, 0.15) is 17.7 Å². The van der Waals surface area contributed by atoms with Gasteiger partial charge in [-0.25, -0.2) is 4.98 Å². The predicted molar refractivity (Wildman–Crippen MR) is 144 cm³/mol. The van der Waals surface area contributed by atoms with E-state index in [4.69, 9.17) is 16.3 Å². The minimum Gasteiger partial charge on any atom is -0.494 e. The molecule has 0 fully saturated rings. The number of allylic oxidation sites excluding steroid dienone is 7. The monoisotopic (exact) mass is 476 g/mol. The molecule has 4 nitrogen and oxygen atoms in total. The zero-order valence-corrected chi connectivity index (χ0v) is 20.5. The number of nitrogens with zero attached hydrogens (tertiary/aromatic N) is 2. The summed E-state index contributed by atoms with van der Waals surface area (Å²) in [5, 5.41) is 0.307. The summed E-state index contributed by atoms with van der Waals surface area (Å²) >= 11 is 6.15. The maximum atomic E-state index is 10.3. The first kappa shape index (κ1) is 27.0. The lowest BCUT2D eigenvalue weighted by Crippen LogP contribution is -1.97. The van der Waals surface area contributed by atoms with E-state index in [2.05, 4.69) is 29.0 Å². The second kappa shape index (κ2) is 17.3. The number of rotatable bonds is 15. The molecule has 0 N–H and O–H groups in total. The lowest BCUT2D eigenvalue weighted by molar-refractivity contribution is -0.104. The van der Waals surface area contributed by atoms with Gasteiger partial charge in [0, 0.05) is 0 Å². The SMILES string of the molecule is CCCCCCCCOc1ccc(/C=C/C=C/C=C/c2cnc(/C=C/C=C/C=O)c(Cl)n2)cc1. The van der Waals surface area contributed by atoms with Gasteiger partial charge in [0.2, 0.25) is 0 Å². The number of aldehydes is 1. The van der Waals surface area contributed by atoms with Crippen LogP contribution in [0.15, 0.2) is 73.0 Å². The van der Waals surface area contributed by atoms with Crippen LogP contribution in [0.1, 0.15) is 62.4 Å². The van der Waals surface area contributed by atoms with Crippen LogP contribution in [0, 0.1) is 0 Å². The Morgan fingerprint density at radius 1 is 0.824 bits per heavy atom. The fourth-order valence-electron chi connectivity index (χ4n) is 3.03. The molecule has 0 bridgehead atoms. The van der Waals surface area contributed by atoms with Crippen LogP contribution in [0.4, 0.5) is 0 Å². The summed E-state index contributed by atoms with van der Waals surface area (Å²) < 4.78 is 5.83. The molecule has 1 aromatic heterocycles. The Kier molecular flexibility index (Phi) is 13.7. The number of unbranched alkanes of at least 4 members (excludes halogenated alkanes) is 5. The number of carbonyl (C=O) groups excluding carboxylic acids is 1. The van der Waals surface area contributed by atoms with Crippen molar-refractivity contribution >= 4 is 36.1 Å². The average molecular weight is 477 g/mol. The van der Waals surface area contributed by atoms with Gasteiger partial charge < -0.3 is 4.74 Å². The molecular weight excluding hydrogens is 444 g/mol. The lowest BCUT2D eigenvalue weighted by atomic mass is 10.1. The summed E-state index contributed by atoms with van der Waals surface area (Å²) in [6.07, 6.45) is 27.9. The summed E-state index contributed by atoms with van der Waals surface area (Å²) in [7, 11) is 0. The van der Waals surface area contributed by atoms with E-state index in [1.54, 1.807) is 24.4 Å². The van der Waals surface area contributed by atoms with Gasteiger partial charge in [-0.1, -0.05) is 105 Å². The summed E-state index contributed by atoms with van der Waals surface area (Å²) in [5.41, 5.74) is 2.33. The van der Waals surface area contributed by atoms with Gasteiger partial charge in [-0.05, 0) is 42.3 Å². The van der Waals surface area contributed by atoms with Crippen molar-refractivity contribution in [3.05, 3.63) is 95.1 Å². The standard InChI is InChI=1S/C29H33ClN2O2/c1-2-3-4-5-8-14-23-34-27-20-18-25(19-21-27)15-10-6-7-11-16-26-24-31-28(29(30)32-26)17-12-9-13-22-33/h6-7,9-13,15-22,24H,2-5,8,14,23H2,1H3/b7-6+,13-9+,15-10+,16-11+,17-12+. The molecule has 0 aliphatic rings. The van der Waals surface area contributed by atoms with Crippen molar-refractivity contribution in [2.75, 3.05) is 6.61 Å². The fraction of sp³-hybridized carbons (Fsp3) is 0.276. The Morgan fingerprint density at radius 2 is 1.50 bits per heavy atom. The maximum absolute atomic E-state index is 10.3. The van der Waals surface area contributed by atoms with Crippen LogP contribution in [0.3, 0.4) is 0 Å². The van der Waals surface area contributed by atoms with Gasteiger partial charge >= 0.3 is 0 Å². The van der Waals surface area contributed by atoms with Crippen LogP contribution in [0.5, 0.6) is 5.75 Å². The second-order valence-electron chi connectivity index (χ2n) is 7.64. The number of aromatic nitrogens is 2. The first-order valence-electron chi connectivity index (χ1n) is 11.8. The quantitative estimate of drug-likeness (QED) is 0.113. The molecular formula is C29H33ClN2O2. The Labute approximate surface area is 208 Å². The molecule has 34 heavy (non-hydrogen) atoms. The molecule has 2 aromatic rings. The molecule has 0 spiro atoms. The molecule has 2 rings (SSSR count). The number of carbonyl (C=O) groups is 1. The normalized spacial score (nSPS) is 12.2. The molecule has 0 aliphatic heterocycles. The molecule has 0 amide bonds. The topological polar surface area (TPSA) is 52.1 Å². The van der Waals surface area contributed by atoms with Crippen LogP contribution in [-0.4, -0.2) is 22.9 Å². The molecule has 0 radical (unpaired) electrons. The lowest BCUT2D eigenvalue weighted by Gasteiger charge is -2.06. The van der Waals surface area contributed by atoms with Crippen LogP contribution in [0.25, 0.3) is 18.2 Å². The highest BCUT2D eigenvalue weighted by molar-refractivity contribution is 6.30. The van der Waals surface area contributed by atoms with E-state index in [0.717, 1.165) is 24.3 Å². The Balaban J connectivity index is 1.73. The van der Waals surface area contributed by atoms with E-state index >= 15 is 0 Å². The Hall–Kier alpha value is -3.24. The van der Waals surface area contributed by atoms with Crippen molar-refractivity contribution in [2.24, 2.45) is 0 Å². The van der Waals surface area contributed by atoms with Crippen molar-refractivity contribution in [3.8, 4) is 5.75 Å². The van der Waals surface area contributed by atoms with Gasteiger partial charge in [-0.2, -0.15) is 0 Å². The van der Waals surface area contributed by atoms with Crippen LogP contribution in [-0.2, 0) is 4.79 Å². The first-order valence-corrected chi connectivity index (χ1v) is 12.2. The highest BCUT2D eigenvalue weighted by Gasteiger charge is 2.00. The number of ether oxygens (including phenoxy) is 1. The number of benzene rings is 1. The van der Waals surface area contributed by atoms with E-state index < -0.39 is 0 Å². The van der Waals surface area contributed by atoms with Crippen molar-refractivity contribution < 1.29 is 9.53 Å². The van der Waals surface area contributed by atoms with Gasteiger partial charge in [-0.3, -0.25) is 9.78 Å². The number of hydrogen-bond donors (Lipinski definition) is 0. The molecule has 0 saturated carbocycles. The smallest absolute Gasteiger partial charge is 0.155 e. The number of hydrogen-bond acceptors (Lipinski definition) is 4. The average Bonchev–Trinajstić information content (AvgIpc) is 2.85. The van der Waals surface area contributed by atoms with E-state index in [1.807, 2.05) is 48.6 Å². The second-order valence-corrected chi connectivity index (χ2v) is 8.00. The van der Waals surface area contributed by atoms with Crippen LogP contribution in [0.2, 0.25) is 5.15 Å². The van der Waals surface area contributed by atoms with E-state index in [9.17, 15) is 4.79 Å². The zero-order chi connectivity index (χ0) is 24.3. The highest BCUT2D eigenvalue weighted by atomic mass is 35.5. The van der Waals surface area contributed by atoms with Gasteiger partial charge in [-0.15, -0.1) is 0 Å². The number of halogens is 1. The zero-order valence-electron chi connectivity index (χ0n) is 19.8. The van der Waals surface area contributed by atoms with Crippen molar-refractivity contribution in [1.29, 1.82) is 0 Å². The third-order valence-corrected chi connectivity index (χ3v) is 5.14. The molecule has 1 heterocycles. The Morgan fingerprint density at radius 3 is 2.24 bits per heavy atom. The maximum Gasteiger partial charge on any atom is 0.155 e. The summed E-state index contributed by atoms with van der Waals surface area (Å²) in [6.45, 7) is 3.02. The van der Waals surface area contributed by atoms with Gasteiger partial charge in [0.25, 0.3) is 0 Å². The van der Waals surface area contributed by atoms with Gasteiger partial charge in [0.05, 0.1) is 18.5 Å².